The van der Waals surface area contributed by atoms with Gasteiger partial charge in [-0.3, -0.25) is 14.5 Å². The summed E-state index contributed by atoms with van der Waals surface area (Å²) in [5.74, 6) is -0.225. The molecule has 0 unspecified atom stereocenters. The third-order valence-corrected chi connectivity index (χ3v) is 2.81. The molecule has 2 rings (SSSR count). The van der Waals surface area contributed by atoms with Gasteiger partial charge in [0.25, 0.3) is 5.91 Å². The number of nitrogens with one attached hydrogen (secondary N) is 1. The Morgan fingerprint density at radius 2 is 2.21 bits per heavy atom. The van der Waals surface area contributed by atoms with Crippen LogP contribution >= 0.6 is 0 Å². The van der Waals surface area contributed by atoms with Crippen LogP contribution in [0.5, 0.6) is 0 Å². The van der Waals surface area contributed by atoms with Crippen LogP contribution in [0, 0.1) is 6.92 Å². The number of carbonyl (C=O) groups is 1. The molecule has 6 nitrogen and oxygen atoms in total. The Bertz CT molecular complexity index is 573. The second-order valence-electron chi connectivity index (χ2n) is 4.25. The van der Waals surface area contributed by atoms with E-state index in [1.54, 1.807) is 10.9 Å². The van der Waals surface area contributed by atoms with Crippen LogP contribution in [0.3, 0.4) is 0 Å². The minimum absolute atomic E-state index is 0.225. The predicted octanol–water partition coefficient (Wildman–Crippen LogP) is 1.12. The molecule has 0 radical (unpaired) electrons. The van der Waals surface area contributed by atoms with Gasteiger partial charge >= 0.3 is 0 Å². The minimum Gasteiger partial charge on any atom is -0.396 e. The number of nitrogens with zero attached hydrogens (tertiary/aromatic N) is 3. The van der Waals surface area contributed by atoms with Crippen molar-refractivity contribution < 1.29 is 4.79 Å². The van der Waals surface area contributed by atoms with Crippen molar-refractivity contribution in [1.29, 1.82) is 0 Å². The highest BCUT2D eigenvalue weighted by Gasteiger charge is 2.15. The molecule has 2 heterocycles. The summed E-state index contributed by atoms with van der Waals surface area (Å²) in [5.41, 5.74) is 8.44. The number of nitrogen functional groups attached to an aromatic ring is 1. The molecule has 0 aliphatic carbocycles. The van der Waals surface area contributed by atoms with Crippen molar-refractivity contribution in [2.75, 3.05) is 5.73 Å². The molecule has 2 aromatic heterocycles. The molecule has 0 bridgehead atoms. The van der Waals surface area contributed by atoms with Gasteiger partial charge in [0.15, 0.2) is 0 Å². The molecule has 100 valence electrons. The molecule has 0 aliphatic rings. The van der Waals surface area contributed by atoms with E-state index >= 15 is 0 Å². The number of hydrogen-bond donors (Lipinski definition) is 2. The summed E-state index contributed by atoms with van der Waals surface area (Å²) in [6.45, 7) is 4.85. The summed E-state index contributed by atoms with van der Waals surface area (Å²) in [4.78, 5) is 16.3. The molecule has 0 fully saturated rings. The number of nitrogens with two attached hydrogens (primary N) is 1. The summed E-state index contributed by atoms with van der Waals surface area (Å²) in [5, 5.41) is 6.86. The van der Waals surface area contributed by atoms with E-state index in [9.17, 15) is 4.79 Å². The van der Waals surface area contributed by atoms with Crippen LogP contribution < -0.4 is 11.1 Å². The lowest BCUT2D eigenvalue weighted by Gasteiger charge is -2.07. The Labute approximate surface area is 111 Å². The summed E-state index contributed by atoms with van der Waals surface area (Å²) >= 11 is 0. The normalized spacial score (nSPS) is 10.4. The van der Waals surface area contributed by atoms with Crippen LogP contribution in [0.1, 0.15) is 28.7 Å². The lowest BCUT2D eigenvalue weighted by Crippen LogP contribution is -2.26. The molecule has 2 aromatic rings. The van der Waals surface area contributed by atoms with Crippen molar-refractivity contribution in [2.45, 2.75) is 26.9 Å². The van der Waals surface area contributed by atoms with Crippen LogP contribution in [-0.4, -0.2) is 20.7 Å². The number of aromatic nitrogens is 3. The maximum atomic E-state index is 12.1. The van der Waals surface area contributed by atoms with Crippen LogP contribution in [0.2, 0.25) is 0 Å². The average Bonchev–Trinajstić information content (AvgIpc) is 2.79. The fourth-order valence-electron chi connectivity index (χ4n) is 1.76. The number of anilines is 1. The minimum atomic E-state index is -0.225. The highest BCUT2D eigenvalue weighted by Crippen LogP contribution is 2.10. The van der Waals surface area contributed by atoms with Gasteiger partial charge in [0.2, 0.25) is 0 Å². The van der Waals surface area contributed by atoms with Crippen LogP contribution in [0.15, 0.2) is 24.5 Å². The predicted molar refractivity (Wildman–Crippen MR) is 72.5 cm³/mol. The first-order valence-electron chi connectivity index (χ1n) is 6.12. The molecule has 3 N–H and O–H groups in total. The quantitative estimate of drug-likeness (QED) is 0.861. The maximum Gasteiger partial charge on any atom is 0.271 e. The molecule has 0 spiro atoms. The van der Waals surface area contributed by atoms with E-state index < -0.39 is 0 Å². The van der Waals surface area contributed by atoms with Gasteiger partial charge in [-0.15, -0.1) is 0 Å². The first-order valence-corrected chi connectivity index (χ1v) is 6.12. The van der Waals surface area contributed by atoms with E-state index in [1.165, 1.54) is 6.20 Å². The number of amides is 1. The smallest absolute Gasteiger partial charge is 0.271 e. The van der Waals surface area contributed by atoms with Crippen molar-refractivity contribution in [2.24, 2.45) is 0 Å². The van der Waals surface area contributed by atoms with E-state index in [0.717, 1.165) is 11.3 Å². The van der Waals surface area contributed by atoms with Gasteiger partial charge in [-0.1, -0.05) is 6.07 Å². The Hall–Kier alpha value is -2.37. The third kappa shape index (κ3) is 2.90. The molecule has 1 amide bonds. The molecule has 6 heteroatoms. The summed E-state index contributed by atoms with van der Waals surface area (Å²) in [6.07, 6.45) is 3.24. The van der Waals surface area contributed by atoms with Gasteiger partial charge in [0.1, 0.15) is 5.69 Å². The van der Waals surface area contributed by atoms with E-state index in [1.807, 2.05) is 26.0 Å². The van der Waals surface area contributed by atoms with E-state index in [-0.39, 0.29) is 5.91 Å². The second kappa shape index (κ2) is 5.51. The Balaban J connectivity index is 2.05. The van der Waals surface area contributed by atoms with E-state index in [4.69, 9.17) is 5.73 Å². The Morgan fingerprint density at radius 3 is 2.84 bits per heavy atom. The molecule has 0 aliphatic heterocycles. The van der Waals surface area contributed by atoms with Crippen molar-refractivity contribution >= 4 is 11.6 Å². The number of hydrogen-bond acceptors (Lipinski definition) is 4. The highest BCUT2D eigenvalue weighted by atomic mass is 16.2. The largest absolute Gasteiger partial charge is 0.396 e. The number of rotatable bonds is 4. The van der Waals surface area contributed by atoms with Crippen molar-refractivity contribution in [1.82, 2.24) is 20.1 Å². The number of carbonyl (C=O) groups excluding carboxylic acids is 1. The van der Waals surface area contributed by atoms with Gasteiger partial charge in [0.05, 0.1) is 11.9 Å². The Morgan fingerprint density at radius 1 is 1.42 bits per heavy atom. The van der Waals surface area contributed by atoms with Crippen molar-refractivity contribution in [3.8, 4) is 0 Å². The van der Waals surface area contributed by atoms with Gasteiger partial charge in [0, 0.05) is 25.0 Å². The average molecular weight is 259 g/mol. The van der Waals surface area contributed by atoms with E-state index in [0.29, 0.717) is 24.5 Å². The van der Waals surface area contributed by atoms with Crippen molar-refractivity contribution in [3.05, 3.63) is 41.5 Å². The van der Waals surface area contributed by atoms with Crippen molar-refractivity contribution in [3.63, 3.8) is 0 Å². The molecule has 0 saturated heterocycles. The lowest BCUT2D eigenvalue weighted by atomic mass is 10.2. The van der Waals surface area contributed by atoms with Gasteiger partial charge < -0.3 is 11.1 Å². The monoisotopic (exact) mass is 259 g/mol. The lowest BCUT2D eigenvalue weighted by molar-refractivity contribution is 0.0941. The van der Waals surface area contributed by atoms with Crippen LogP contribution in [0.25, 0.3) is 0 Å². The standard InChI is InChI=1S/C13H17N5O/c1-3-18-12(11(14)8-17-18)13(19)16-7-10-5-4-9(2)15-6-10/h4-6,8H,3,7,14H2,1-2H3,(H,16,19). The first-order chi connectivity index (χ1) is 9.11. The second-order valence-corrected chi connectivity index (χ2v) is 4.25. The molecule has 0 saturated carbocycles. The zero-order valence-corrected chi connectivity index (χ0v) is 11.1. The zero-order valence-electron chi connectivity index (χ0n) is 11.1. The van der Waals surface area contributed by atoms with Gasteiger partial charge in [-0.05, 0) is 25.5 Å². The zero-order chi connectivity index (χ0) is 13.8. The SMILES string of the molecule is CCn1ncc(N)c1C(=O)NCc1ccc(C)nc1. The van der Waals surface area contributed by atoms with Gasteiger partial charge in [-0.2, -0.15) is 5.10 Å². The first kappa shape index (κ1) is 13.1. The topological polar surface area (TPSA) is 85.8 Å². The summed E-state index contributed by atoms with van der Waals surface area (Å²) < 4.78 is 1.58. The van der Waals surface area contributed by atoms with E-state index in [2.05, 4.69) is 15.4 Å². The highest BCUT2D eigenvalue weighted by molar-refractivity contribution is 5.97. The van der Waals surface area contributed by atoms with Gasteiger partial charge in [-0.25, -0.2) is 0 Å². The number of aryl methyl sites for hydroxylation is 2. The summed E-state index contributed by atoms with van der Waals surface area (Å²) in [7, 11) is 0. The third-order valence-electron chi connectivity index (χ3n) is 2.81. The number of pyridine rings is 1. The molecule has 19 heavy (non-hydrogen) atoms. The molecular weight excluding hydrogens is 242 g/mol. The Kier molecular flexibility index (Phi) is 3.79. The molecule has 0 atom stereocenters. The fraction of sp³-hybridized carbons (Fsp3) is 0.308. The fourth-order valence-corrected chi connectivity index (χ4v) is 1.76. The van der Waals surface area contributed by atoms with Crippen LogP contribution in [-0.2, 0) is 13.1 Å². The molecular formula is C13H17N5O. The summed E-state index contributed by atoms with van der Waals surface area (Å²) in [6, 6.07) is 3.84. The van der Waals surface area contributed by atoms with Crippen LogP contribution in [0.4, 0.5) is 5.69 Å². The maximum absolute atomic E-state index is 12.1. The molecule has 0 aromatic carbocycles.